The first-order valence-electron chi connectivity index (χ1n) is 8.37. The second kappa shape index (κ2) is 7.30. The minimum atomic E-state index is -4.09. The lowest BCUT2D eigenvalue weighted by atomic mass is 9.95. The van der Waals surface area contributed by atoms with Crippen molar-refractivity contribution in [3.63, 3.8) is 0 Å². The van der Waals surface area contributed by atoms with E-state index in [0.29, 0.717) is 0 Å². The maximum absolute atomic E-state index is 14.7. The van der Waals surface area contributed by atoms with Crippen LogP contribution < -0.4 is 9.84 Å². The number of rotatable bonds is 5. The number of carbonyl (C=O) groups is 1. The predicted molar refractivity (Wildman–Crippen MR) is 93.0 cm³/mol. The monoisotopic (exact) mass is 440 g/mol. The molecule has 0 amide bonds. The van der Waals surface area contributed by atoms with Crippen molar-refractivity contribution in [2.75, 3.05) is 6.26 Å². The van der Waals surface area contributed by atoms with Crippen LogP contribution in [-0.4, -0.2) is 31.7 Å². The quantitative estimate of drug-likeness (QED) is 0.751. The molecule has 1 aliphatic rings. The zero-order valence-electron chi connectivity index (χ0n) is 15.2. The van der Waals surface area contributed by atoms with Crippen molar-refractivity contribution < 1.29 is 41.3 Å². The molecule has 2 aromatic carbocycles. The van der Waals surface area contributed by atoms with Gasteiger partial charge in [0.05, 0.1) is 22.4 Å². The van der Waals surface area contributed by atoms with Crippen LogP contribution >= 0.6 is 0 Å². The molecular formula is C19H13F3NO6S-. The molecule has 2 aromatic rings. The van der Waals surface area contributed by atoms with Crippen LogP contribution in [-0.2, 0) is 14.6 Å². The number of fused-ring (bicyclic) bond motifs is 1. The zero-order chi connectivity index (χ0) is 22.4. The Kier molecular flexibility index (Phi) is 5.26. The Morgan fingerprint density at radius 1 is 1.30 bits per heavy atom. The van der Waals surface area contributed by atoms with E-state index in [1.54, 1.807) is 6.07 Å². The first kappa shape index (κ1) is 21.6. The summed E-state index contributed by atoms with van der Waals surface area (Å²) in [4.78, 5) is 10.4. The fourth-order valence-electron chi connectivity index (χ4n) is 3.44. The van der Waals surface area contributed by atoms with Crippen LogP contribution in [0.25, 0.3) is 0 Å². The van der Waals surface area contributed by atoms with E-state index < -0.39 is 67.8 Å². The number of sulfone groups is 1. The second-order valence-electron chi connectivity index (χ2n) is 6.76. The number of hydrogen-bond acceptors (Lipinski definition) is 7. The third-order valence-electron chi connectivity index (χ3n) is 4.66. The second-order valence-corrected chi connectivity index (χ2v) is 8.74. The van der Waals surface area contributed by atoms with E-state index in [0.717, 1.165) is 36.6 Å². The van der Waals surface area contributed by atoms with Crippen molar-refractivity contribution in [3.8, 4) is 17.6 Å². The van der Waals surface area contributed by atoms with Crippen molar-refractivity contribution in [1.29, 1.82) is 5.26 Å². The van der Waals surface area contributed by atoms with Gasteiger partial charge in [0, 0.05) is 23.9 Å². The molecule has 0 radical (unpaired) electrons. The minimum absolute atomic E-state index is 0.130. The number of aliphatic carboxylic acids is 1. The summed E-state index contributed by atoms with van der Waals surface area (Å²) in [6.45, 7) is 0. The maximum atomic E-state index is 14.7. The highest BCUT2D eigenvalue weighted by atomic mass is 32.2. The van der Waals surface area contributed by atoms with E-state index in [4.69, 9.17) is 10.00 Å². The number of ether oxygens (including phenoxy) is 1. The van der Waals surface area contributed by atoms with Gasteiger partial charge in [-0.3, -0.25) is 0 Å². The molecule has 0 bridgehead atoms. The largest absolute Gasteiger partial charge is 0.550 e. The van der Waals surface area contributed by atoms with E-state index >= 15 is 0 Å². The molecule has 3 rings (SSSR count). The molecule has 0 saturated carbocycles. The summed E-state index contributed by atoms with van der Waals surface area (Å²) in [5.74, 6) is -9.65. The number of nitrogens with zero attached hydrogens (tertiary/aromatic N) is 1. The van der Waals surface area contributed by atoms with Gasteiger partial charge >= 0.3 is 0 Å². The Morgan fingerprint density at radius 3 is 2.53 bits per heavy atom. The first-order chi connectivity index (χ1) is 13.9. The summed E-state index contributed by atoms with van der Waals surface area (Å²) in [5, 5.41) is 30.2. The highest BCUT2D eigenvalue weighted by Crippen LogP contribution is 2.57. The number of carboxylic acid groups (broad SMARTS) is 1. The molecule has 0 unspecified atom stereocenters. The van der Waals surface area contributed by atoms with Crippen molar-refractivity contribution in [1.82, 2.24) is 0 Å². The number of carboxylic acids is 1. The molecule has 1 N–H and O–H groups in total. The summed E-state index contributed by atoms with van der Waals surface area (Å²) in [5.41, 5.74) is -1.36. The fourth-order valence-corrected chi connectivity index (χ4v) is 4.41. The van der Waals surface area contributed by atoms with Gasteiger partial charge in [-0.15, -0.1) is 0 Å². The molecule has 158 valence electrons. The van der Waals surface area contributed by atoms with Crippen LogP contribution in [0.4, 0.5) is 13.2 Å². The normalized spacial score (nSPS) is 19.7. The number of carbonyl (C=O) groups excluding carboxylic acids is 1. The van der Waals surface area contributed by atoms with Gasteiger partial charge in [-0.05, 0) is 36.2 Å². The lowest BCUT2D eigenvalue weighted by Gasteiger charge is -2.23. The van der Waals surface area contributed by atoms with Crippen LogP contribution in [0.15, 0.2) is 35.2 Å². The maximum Gasteiger partial charge on any atom is 0.284 e. The highest BCUT2D eigenvalue weighted by Gasteiger charge is 2.57. The molecule has 1 aliphatic carbocycles. The number of aliphatic hydroxyl groups is 1. The Bertz CT molecular complexity index is 1190. The Hall–Kier alpha value is -3.10. The molecule has 0 fully saturated rings. The number of nitriles is 1. The fraction of sp³-hybridized carbons (Fsp3) is 0.263. The molecule has 30 heavy (non-hydrogen) atoms. The molecule has 0 aliphatic heterocycles. The predicted octanol–water partition coefficient (Wildman–Crippen LogP) is 1.80. The Balaban J connectivity index is 2.25. The van der Waals surface area contributed by atoms with Crippen molar-refractivity contribution in [3.05, 3.63) is 52.8 Å². The smallest absolute Gasteiger partial charge is 0.284 e. The number of hydrogen-bond donors (Lipinski definition) is 1. The van der Waals surface area contributed by atoms with Gasteiger partial charge in [0.2, 0.25) is 0 Å². The van der Waals surface area contributed by atoms with E-state index in [-0.39, 0.29) is 11.3 Å². The summed E-state index contributed by atoms with van der Waals surface area (Å²) >= 11 is 0. The molecule has 7 nitrogen and oxygen atoms in total. The number of halogens is 3. The lowest BCUT2D eigenvalue weighted by molar-refractivity contribution is -0.307. The van der Waals surface area contributed by atoms with Crippen molar-refractivity contribution >= 4 is 15.8 Å². The average molecular weight is 440 g/mol. The van der Waals surface area contributed by atoms with E-state index in [1.807, 2.05) is 0 Å². The Morgan fingerprint density at radius 2 is 1.97 bits per heavy atom. The van der Waals surface area contributed by atoms with E-state index in [9.17, 15) is 36.6 Å². The number of benzene rings is 2. The van der Waals surface area contributed by atoms with Gasteiger partial charge in [-0.1, -0.05) is 0 Å². The molecule has 2 atom stereocenters. The van der Waals surface area contributed by atoms with Gasteiger partial charge in [-0.25, -0.2) is 21.6 Å². The van der Waals surface area contributed by atoms with Crippen LogP contribution in [0.3, 0.4) is 0 Å². The summed E-state index contributed by atoms with van der Waals surface area (Å²) in [7, 11) is -4.09. The summed E-state index contributed by atoms with van der Waals surface area (Å²) in [6.07, 6.45) is -3.09. The van der Waals surface area contributed by atoms with E-state index in [1.165, 1.54) is 0 Å². The van der Waals surface area contributed by atoms with Crippen LogP contribution in [0.1, 0.15) is 35.1 Å². The minimum Gasteiger partial charge on any atom is -0.550 e. The lowest BCUT2D eigenvalue weighted by Crippen LogP contribution is -2.33. The van der Waals surface area contributed by atoms with Crippen LogP contribution in [0, 0.1) is 17.1 Å². The van der Waals surface area contributed by atoms with Gasteiger partial charge in [0.25, 0.3) is 5.92 Å². The number of alkyl halides is 2. The highest BCUT2D eigenvalue weighted by molar-refractivity contribution is 7.90. The van der Waals surface area contributed by atoms with Crippen molar-refractivity contribution in [2.24, 2.45) is 0 Å². The molecular weight excluding hydrogens is 427 g/mol. The molecule has 0 aromatic heterocycles. The summed E-state index contributed by atoms with van der Waals surface area (Å²) in [6, 6.07) is 6.48. The zero-order valence-corrected chi connectivity index (χ0v) is 16.0. The third-order valence-corrected chi connectivity index (χ3v) is 5.81. The van der Waals surface area contributed by atoms with Gasteiger partial charge in [-0.2, -0.15) is 5.26 Å². The number of aliphatic hydroxyl groups excluding tert-OH is 1. The SMILES string of the molecule is CS(=O)(=O)c1ccc(Oc2cc(F)cc(C#N)c2)c2c1[C@H](CC(=O)[O-])C(F)(F)[C@H]2O. The van der Waals surface area contributed by atoms with Gasteiger partial charge in [0.1, 0.15) is 23.4 Å². The molecule has 0 heterocycles. The van der Waals surface area contributed by atoms with Crippen LogP contribution in [0.2, 0.25) is 0 Å². The van der Waals surface area contributed by atoms with E-state index in [2.05, 4.69) is 0 Å². The van der Waals surface area contributed by atoms with Crippen molar-refractivity contribution in [2.45, 2.75) is 29.3 Å². The molecule has 0 spiro atoms. The third kappa shape index (κ3) is 3.71. The Labute approximate surface area is 168 Å². The van der Waals surface area contributed by atoms with Gasteiger partial charge in [0.15, 0.2) is 9.84 Å². The molecule has 11 heteroatoms. The standard InChI is InChI=1S/C19H14F3NO6S/c1-30(27,28)14-3-2-13(29-11-5-9(8-23)4-10(20)6-11)17-16(14)12(7-15(24)25)19(21,22)18(17)26/h2-6,12,18,26H,7H2,1H3,(H,24,25)/p-1/t12-,18-/m0/s1. The topological polar surface area (TPSA) is 128 Å². The summed E-state index contributed by atoms with van der Waals surface area (Å²) < 4.78 is 72.8. The average Bonchev–Trinajstić information content (AvgIpc) is 2.81. The molecule has 0 saturated heterocycles. The van der Waals surface area contributed by atoms with Crippen LogP contribution in [0.5, 0.6) is 11.5 Å². The first-order valence-corrected chi connectivity index (χ1v) is 10.3. The van der Waals surface area contributed by atoms with Gasteiger partial charge < -0.3 is 19.7 Å².